The number of benzene rings is 1. The van der Waals surface area contributed by atoms with Crippen LogP contribution in [0.2, 0.25) is 0 Å². The van der Waals surface area contributed by atoms with Crippen LogP contribution in [0.25, 0.3) is 0 Å². The standard InChI is InChI=1S/C16H24FNO2/c1-11(19)12-7-6-8-13(17)14(12)18-9-15(2,3)20-16(4,5)10-18/h6-8,11,19H,9-10H2,1-5H3. The molecule has 0 spiro atoms. The molecular formula is C16H24FNO2. The van der Waals surface area contributed by atoms with Crippen molar-refractivity contribution in [3.8, 4) is 0 Å². The Morgan fingerprint density at radius 1 is 1.20 bits per heavy atom. The second-order valence-electron chi connectivity index (χ2n) is 6.83. The zero-order valence-electron chi connectivity index (χ0n) is 12.9. The Kier molecular flexibility index (Phi) is 3.82. The van der Waals surface area contributed by atoms with Crippen molar-refractivity contribution in [3.63, 3.8) is 0 Å². The van der Waals surface area contributed by atoms with Crippen LogP contribution in [0, 0.1) is 5.82 Å². The summed E-state index contributed by atoms with van der Waals surface area (Å²) in [5.41, 5.74) is 0.394. The topological polar surface area (TPSA) is 32.7 Å². The molecule has 1 heterocycles. The van der Waals surface area contributed by atoms with Crippen LogP contribution in [0.3, 0.4) is 0 Å². The van der Waals surface area contributed by atoms with Gasteiger partial charge in [-0.15, -0.1) is 0 Å². The zero-order chi connectivity index (χ0) is 15.1. The average molecular weight is 281 g/mol. The molecule has 0 amide bonds. The first-order valence-corrected chi connectivity index (χ1v) is 7.03. The highest BCUT2D eigenvalue weighted by molar-refractivity contribution is 5.56. The molecule has 0 radical (unpaired) electrons. The lowest BCUT2D eigenvalue weighted by Crippen LogP contribution is -2.57. The summed E-state index contributed by atoms with van der Waals surface area (Å²) < 4.78 is 20.3. The van der Waals surface area contributed by atoms with Gasteiger partial charge in [0.15, 0.2) is 0 Å². The molecule has 1 aliphatic rings. The number of nitrogens with zero attached hydrogens (tertiary/aromatic N) is 1. The Bertz CT molecular complexity index is 481. The Morgan fingerprint density at radius 2 is 1.75 bits per heavy atom. The van der Waals surface area contributed by atoms with Crippen molar-refractivity contribution in [2.75, 3.05) is 18.0 Å². The van der Waals surface area contributed by atoms with E-state index < -0.39 is 6.10 Å². The molecule has 1 fully saturated rings. The largest absolute Gasteiger partial charge is 0.389 e. The molecule has 4 heteroatoms. The normalized spacial score (nSPS) is 22.6. The van der Waals surface area contributed by atoms with Crippen molar-refractivity contribution in [1.29, 1.82) is 0 Å². The molecule has 1 aromatic rings. The van der Waals surface area contributed by atoms with Gasteiger partial charge in [-0.2, -0.15) is 0 Å². The van der Waals surface area contributed by atoms with Crippen molar-refractivity contribution in [2.24, 2.45) is 0 Å². The predicted molar refractivity (Wildman–Crippen MR) is 78.5 cm³/mol. The van der Waals surface area contributed by atoms with Crippen LogP contribution in [0.4, 0.5) is 10.1 Å². The maximum Gasteiger partial charge on any atom is 0.146 e. The van der Waals surface area contributed by atoms with Gasteiger partial charge >= 0.3 is 0 Å². The summed E-state index contributed by atoms with van der Waals surface area (Å²) in [6.07, 6.45) is -0.699. The molecule has 0 bridgehead atoms. The van der Waals surface area contributed by atoms with Gasteiger partial charge in [-0.25, -0.2) is 4.39 Å². The van der Waals surface area contributed by atoms with Gasteiger partial charge in [0.2, 0.25) is 0 Å². The fraction of sp³-hybridized carbons (Fsp3) is 0.625. The molecule has 112 valence electrons. The van der Waals surface area contributed by atoms with E-state index in [-0.39, 0.29) is 17.0 Å². The molecule has 1 aromatic carbocycles. The minimum absolute atomic E-state index is 0.295. The number of hydrogen-bond donors (Lipinski definition) is 1. The molecule has 1 unspecified atom stereocenters. The molecule has 1 N–H and O–H groups in total. The number of hydrogen-bond acceptors (Lipinski definition) is 3. The van der Waals surface area contributed by atoms with Crippen molar-refractivity contribution in [3.05, 3.63) is 29.6 Å². The summed E-state index contributed by atoms with van der Waals surface area (Å²) in [6, 6.07) is 4.85. The van der Waals surface area contributed by atoms with Crippen LogP contribution in [0.15, 0.2) is 18.2 Å². The molecule has 1 aliphatic heterocycles. The van der Waals surface area contributed by atoms with Crippen LogP contribution in [-0.2, 0) is 4.74 Å². The van der Waals surface area contributed by atoms with E-state index in [2.05, 4.69) is 0 Å². The number of ether oxygens (including phenoxy) is 1. The van der Waals surface area contributed by atoms with Gasteiger partial charge in [0, 0.05) is 18.7 Å². The predicted octanol–water partition coefficient (Wildman–Crippen LogP) is 3.27. The average Bonchev–Trinajstić information content (AvgIpc) is 2.23. The van der Waals surface area contributed by atoms with Crippen molar-refractivity contribution in [1.82, 2.24) is 0 Å². The number of anilines is 1. The third-order valence-corrected chi connectivity index (χ3v) is 3.48. The first kappa shape index (κ1) is 15.3. The molecule has 1 atom stereocenters. The van der Waals surface area contributed by atoms with Gasteiger partial charge in [-0.3, -0.25) is 0 Å². The third-order valence-electron chi connectivity index (χ3n) is 3.48. The second kappa shape index (κ2) is 5.01. The van der Waals surface area contributed by atoms with E-state index in [1.54, 1.807) is 19.1 Å². The molecule has 2 rings (SSSR count). The molecule has 1 saturated heterocycles. The number of aliphatic hydroxyl groups is 1. The number of para-hydroxylation sites is 1. The number of halogens is 1. The van der Waals surface area contributed by atoms with Crippen LogP contribution in [-0.4, -0.2) is 29.4 Å². The van der Waals surface area contributed by atoms with Crippen LogP contribution >= 0.6 is 0 Å². The minimum atomic E-state index is -0.699. The minimum Gasteiger partial charge on any atom is -0.389 e. The fourth-order valence-electron chi connectivity index (χ4n) is 3.15. The summed E-state index contributed by atoms with van der Waals surface area (Å²) >= 11 is 0. The Morgan fingerprint density at radius 3 is 2.25 bits per heavy atom. The number of rotatable bonds is 2. The quantitative estimate of drug-likeness (QED) is 0.903. The number of aliphatic hydroxyl groups excluding tert-OH is 1. The SMILES string of the molecule is CC(O)c1cccc(F)c1N1CC(C)(C)OC(C)(C)C1. The summed E-state index contributed by atoms with van der Waals surface area (Å²) in [5.74, 6) is -0.295. The van der Waals surface area contributed by atoms with Gasteiger partial charge in [-0.05, 0) is 40.7 Å². The lowest BCUT2D eigenvalue weighted by atomic mass is 9.96. The molecule has 0 aromatic heterocycles. The van der Waals surface area contributed by atoms with E-state index in [1.807, 2.05) is 32.6 Å². The zero-order valence-corrected chi connectivity index (χ0v) is 12.9. The van der Waals surface area contributed by atoms with Crippen LogP contribution in [0.1, 0.15) is 46.3 Å². The van der Waals surface area contributed by atoms with E-state index >= 15 is 0 Å². The lowest BCUT2D eigenvalue weighted by molar-refractivity contribution is -0.133. The van der Waals surface area contributed by atoms with Crippen molar-refractivity contribution >= 4 is 5.69 Å². The Hall–Kier alpha value is -1.13. The van der Waals surface area contributed by atoms with Gasteiger partial charge in [-0.1, -0.05) is 12.1 Å². The van der Waals surface area contributed by atoms with Gasteiger partial charge in [0.25, 0.3) is 0 Å². The first-order chi connectivity index (χ1) is 9.11. The lowest BCUT2D eigenvalue weighted by Gasteiger charge is -2.48. The van der Waals surface area contributed by atoms with Gasteiger partial charge in [0.05, 0.1) is 23.0 Å². The van der Waals surface area contributed by atoms with E-state index in [0.29, 0.717) is 24.3 Å². The molecule has 0 aliphatic carbocycles. The molecule has 0 saturated carbocycles. The van der Waals surface area contributed by atoms with Gasteiger partial charge in [0.1, 0.15) is 5.82 Å². The second-order valence-corrected chi connectivity index (χ2v) is 6.83. The fourth-order valence-corrected chi connectivity index (χ4v) is 3.15. The van der Waals surface area contributed by atoms with Crippen molar-refractivity contribution in [2.45, 2.75) is 51.9 Å². The van der Waals surface area contributed by atoms with Crippen LogP contribution < -0.4 is 4.90 Å². The van der Waals surface area contributed by atoms with E-state index in [0.717, 1.165) is 0 Å². The third kappa shape index (κ3) is 3.13. The maximum atomic E-state index is 14.3. The monoisotopic (exact) mass is 281 g/mol. The molecule has 3 nitrogen and oxygen atoms in total. The molecule has 20 heavy (non-hydrogen) atoms. The highest BCUT2D eigenvalue weighted by Crippen LogP contribution is 2.36. The number of morpholine rings is 1. The van der Waals surface area contributed by atoms with Gasteiger partial charge < -0.3 is 14.7 Å². The smallest absolute Gasteiger partial charge is 0.146 e. The van der Waals surface area contributed by atoms with Crippen molar-refractivity contribution < 1.29 is 14.2 Å². The van der Waals surface area contributed by atoms with E-state index in [9.17, 15) is 9.50 Å². The maximum absolute atomic E-state index is 14.3. The Balaban J connectivity index is 2.45. The highest BCUT2D eigenvalue weighted by atomic mass is 19.1. The van der Waals surface area contributed by atoms with Crippen LogP contribution in [0.5, 0.6) is 0 Å². The Labute approximate surface area is 120 Å². The summed E-state index contributed by atoms with van der Waals surface area (Å²) in [5, 5.41) is 9.90. The summed E-state index contributed by atoms with van der Waals surface area (Å²) in [6.45, 7) is 10.9. The van der Waals surface area contributed by atoms with E-state index in [1.165, 1.54) is 6.07 Å². The first-order valence-electron chi connectivity index (χ1n) is 7.03. The summed E-state index contributed by atoms with van der Waals surface area (Å²) in [7, 11) is 0. The summed E-state index contributed by atoms with van der Waals surface area (Å²) in [4.78, 5) is 1.99. The van der Waals surface area contributed by atoms with E-state index in [4.69, 9.17) is 4.74 Å². The molecular weight excluding hydrogens is 257 g/mol. The highest BCUT2D eigenvalue weighted by Gasteiger charge is 2.39.